The van der Waals surface area contributed by atoms with Crippen molar-refractivity contribution in [3.05, 3.63) is 30.3 Å². The van der Waals surface area contributed by atoms with Gasteiger partial charge in [0.25, 0.3) is 0 Å². The zero-order chi connectivity index (χ0) is 16.7. The second kappa shape index (κ2) is 10.3. The summed E-state index contributed by atoms with van der Waals surface area (Å²) in [6.07, 6.45) is 0.600. The molecule has 2 N–H and O–H groups in total. The van der Waals surface area contributed by atoms with Crippen LogP contribution in [0.15, 0.2) is 40.2 Å². The highest BCUT2D eigenvalue weighted by Gasteiger charge is 2.28. The van der Waals surface area contributed by atoms with Gasteiger partial charge in [0.05, 0.1) is 28.9 Å². The lowest BCUT2D eigenvalue weighted by Gasteiger charge is -2.15. The van der Waals surface area contributed by atoms with Crippen LogP contribution >= 0.6 is 24.0 Å². The van der Waals surface area contributed by atoms with Crippen LogP contribution < -0.4 is 10.6 Å². The molecule has 1 aromatic rings. The number of halogens is 1. The Balaban J connectivity index is 0.00000288. The molecule has 6 nitrogen and oxygen atoms in total. The quantitative estimate of drug-likeness (QED) is 0.359. The molecule has 9 heteroatoms. The van der Waals surface area contributed by atoms with Crippen LogP contribution in [0.4, 0.5) is 0 Å². The van der Waals surface area contributed by atoms with E-state index in [1.54, 1.807) is 0 Å². The number of hydrogen-bond donors (Lipinski definition) is 2. The van der Waals surface area contributed by atoms with E-state index in [1.165, 1.54) is 0 Å². The molecule has 0 aliphatic carbocycles. The molecule has 0 aromatic heterocycles. The van der Waals surface area contributed by atoms with E-state index in [0.717, 1.165) is 4.90 Å². The van der Waals surface area contributed by atoms with Crippen molar-refractivity contribution in [1.82, 2.24) is 10.6 Å². The van der Waals surface area contributed by atoms with Crippen molar-refractivity contribution in [2.24, 2.45) is 4.99 Å². The largest absolute Gasteiger partial charge is 0.357 e. The van der Waals surface area contributed by atoms with Crippen LogP contribution in [0.1, 0.15) is 13.3 Å². The fourth-order valence-corrected chi connectivity index (χ4v) is 4.98. The number of benzene rings is 1. The summed E-state index contributed by atoms with van der Waals surface area (Å²) in [6.45, 7) is 3.05. The average molecular weight is 485 g/mol. The molecule has 1 saturated heterocycles. The van der Waals surface area contributed by atoms with Gasteiger partial charge in [0.2, 0.25) is 0 Å². The molecule has 2 rings (SSSR count). The summed E-state index contributed by atoms with van der Waals surface area (Å²) in [6, 6.07) is 9.20. The van der Waals surface area contributed by atoms with Crippen molar-refractivity contribution in [3.63, 3.8) is 0 Å². The molecule has 0 spiro atoms. The van der Waals surface area contributed by atoms with Gasteiger partial charge in [-0.25, -0.2) is 8.42 Å². The molecule has 2 unspecified atom stereocenters. The molecule has 0 bridgehead atoms. The first-order chi connectivity index (χ1) is 11.0. The molecule has 1 aromatic carbocycles. The summed E-state index contributed by atoms with van der Waals surface area (Å²) in [7, 11) is -4.00. The standard InChI is InChI=1S/C15H23N3O3S2.HI/c1-2-16-15(18-13-8-11-23(20,21)12-13)17-9-10-22(19)14-6-4-3-5-7-14;/h3-7,13H,2,8-12H2,1H3,(H2,16,17,18);1H. The first kappa shape index (κ1) is 21.4. The van der Waals surface area contributed by atoms with Crippen LogP contribution in [0.25, 0.3) is 0 Å². The Morgan fingerprint density at radius 3 is 2.62 bits per heavy atom. The number of hydrogen-bond acceptors (Lipinski definition) is 4. The molecule has 0 amide bonds. The Kier molecular flexibility index (Phi) is 9.21. The van der Waals surface area contributed by atoms with Crippen molar-refractivity contribution < 1.29 is 12.6 Å². The molecule has 1 fully saturated rings. The minimum atomic E-state index is -2.92. The van der Waals surface area contributed by atoms with Gasteiger partial charge < -0.3 is 10.6 Å². The van der Waals surface area contributed by atoms with E-state index in [0.29, 0.717) is 31.2 Å². The molecule has 0 radical (unpaired) electrons. The summed E-state index contributed by atoms with van der Waals surface area (Å²) in [4.78, 5) is 5.19. The molecular formula is C15H24IN3O3S2. The highest BCUT2D eigenvalue weighted by atomic mass is 127. The van der Waals surface area contributed by atoms with E-state index in [9.17, 15) is 12.6 Å². The summed E-state index contributed by atoms with van der Waals surface area (Å²) in [5, 5.41) is 6.24. The second-order valence-electron chi connectivity index (χ2n) is 5.37. The maximum Gasteiger partial charge on any atom is 0.191 e. The van der Waals surface area contributed by atoms with E-state index in [1.807, 2.05) is 37.3 Å². The van der Waals surface area contributed by atoms with Crippen LogP contribution in [0.3, 0.4) is 0 Å². The first-order valence-corrected chi connectivity index (χ1v) is 10.8. The maximum atomic E-state index is 12.1. The predicted octanol–water partition coefficient (Wildman–Crippen LogP) is 1.15. The van der Waals surface area contributed by atoms with Gasteiger partial charge >= 0.3 is 0 Å². The Morgan fingerprint density at radius 1 is 1.33 bits per heavy atom. The predicted molar refractivity (Wildman–Crippen MR) is 109 cm³/mol. The highest BCUT2D eigenvalue weighted by Crippen LogP contribution is 2.11. The molecular weight excluding hydrogens is 461 g/mol. The molecule has 24 heavy (non-hydrogen) atoms. The van der Waals surface area contributed by atoms with Crippen LogP contribution in [0, 0.1) is 0 Å². The Hall–Kier alpha value is -0.680. The number of sulfone groups is 1. The van der Waals surface area contributed by atoms with Crippen LogP contribution in [0.5, 0.6) is 0 Å². The summed E-state index contributed by atoms with van der Waals surface area (Å²) in [5.41, 5.74) is 0. The average Bonchev–Trinajstić information content (AvgIpc) is 2.87. The molecule has 136 valence electrons. The third-order valence-electron chi connectivity index (χ3n) is 3.47. The van der Waals surface area contributed by atoms with Gasteiger partial charge in [-0.2, -0.15) is 0 Å². The molecule has 2 atom stereocenters. The van der Waals surface area contributed by atoms with Gasteiger partial charge in [0.1, 0.15) is 0 Å². The minimum Gasteiger partial charge on any atom is -0.357 e. The lowest BCUT2D eigenvalue weighted by Crippen LogP contribution is -2.44. The summed E-state index contributed by atoms with van der Waals surface area (Å²) < 4.78 is 35.1. The highest BCUT2D eigenvalue weighted by molar-refractivity contribution is 14.0. The van der Waals surface area contributed by atoms with Gasteiger partial charge in [0.15, 0.2) is 15.8 Å². The fourth-order valence-electron chi connectivity index (χ4n) is 2.35. The van der Waals surface area contributed by atoms with Gasteiger partial charge in [-0.1, -0.05) is 18.2 Å². The topological polar surface area (TPSA) is 87.6 Å². The molecule has 1 aliphatic heterocycles. The van der Waals surface area contributed by atoms with E-state index in [-0.39, 0.29) is 41.5 Å². The lowest BCUT2D eigenvalue weighted by molar-refractivity contribution is 0.599. The zero-order valence-electron chi connectivity index (χ0n) is 13.6. The Labute approximate surface area is 163 Å². The van der Waals surface area contributed by atoms with Crippen molar-refractivity contribution in [1.29, 1.82) is 0 Å². The third-order valence-corrected chi connectivity index (χ3v) is 6.59. The zero-order valence-corrected chi connectivity index (χ0v) is 17.6. The van der Waals surface area contributed by atoms with E-state index in [4.69, 9.17) is 0 Å². The number of rotatable bonds is 6. The minimum absolute atomic E-state index is 0. The van der Waals surface area contributed by atoms with Crippen LogP contribution in [-0.4, -0.2) is 55.0 Å². The van der Waals surface area contributed by atoms with Gasteiger partial charge in [-0.05, 0) is 25.5 Å². The van der Waals surface area contributed by atoms with Crippen molar-refractivity contribution >= 4 is 50.6 Å². The van der Waals surface area contributed by atoms with E-state index < -0.39 is 20.6 Å². The smallest absolute Gasteiger partial charge is 0.191 e. The number of nitrogens with one attached hydrogen (secondary N) is 2. The summed E-state index contributed by atoms with van der Waals surface area (Å²) in [5.74, 6) is 1.39. The fraction of sp³-hybridized carbons (Fsp3) is 0.533. The normalized spacial score (nSPS) is 20.9. The molecule has 1 heterocycles. The molecule has 1 aliphatic rings. The SMILES string of the molecule is CCNC(=NCCS(=O)c1ccccc1)NC1CCS(=O)(=O)C1.I. The molecule has 0 saturated carbocycles. The second-order valence-corrected chi connectivity index (χ2v) is 9.17. The van der Waals surface area contributed by atoms with Crippen LogP contribution in [0.2, 0.25) is 0 Å². The van der Waals surface area contributed by atoms with Crippen molar-refractivity contribution in [3.8, 4) is 0 Å². The first-order valence-electron chi connectivity index (χ1n) is 7.69. The van der Waals surface area contributed by atoms with Gasteiger partial charge in [-0.15, -0.1) is 24.0 Å². The van der Waals surface area contributed by atoms with E-state index in [2.05, 4.69) is 15.6 Å². The number of aliphatic imine (C=N–C) groups is 1. The number of guanidine groups is 1. The Bertz CT molecular complexity index is 666. The van der Waals surface area contributed by atoms with Crippen molar-refractivity contribution in [2.45, 2.75) is 24.3 Å². The lowest BCUT2D eigenvalue weighted by atomic mass is 10.3. The van der Waals surface area contributed by atoms with Crippen LogP contribution in [-0.2, 0) is 20.6 Å². The van der Waals surface area contributed by atoms with Gasteiger partial charge in [0, 0.05) is 23.2 Å². The van der Waals surface area contributed by atoms with Gasteiger partial charge in [-0.3, -0.25) is 9.20 Å². The summed E-state index contributed by atoms with van der Waals surface area (Å²) >= 11 is 0. The monoisotopic (exact) mass is 485 g/mol. The van der Waals surface area contributed by atoms with E-state index >= 15 is 0 Å². The van der Waals surface area contributed by atoms with Crippen molar-refractivity contribution in [2.75, 3.05) is 30.3 Å². The maximum absolute atomic E-state index is 12.1. The Morgan fingerprint density at radius 2 is 2.04 bits per heavy atom. The third kappa shape index (κ3) is 7.06. The number of nitrogens with zero attached hydrogens (tertiary/aromatic N) is 1.